The molecule has 23 heavy (non-hydrogen) atoms. The Balaban J connectivity index is 1.77. The fourth-order valence-corrected chi connectivity index (χ4v) is 2.12. The van der Waals surface area contributed by atoms with Gasteiger partial charge in [-0.15, -0.1) is 0 Å². The van der Waals surface area contributed by atoms with E-state index in [4.69, 9.17) is 33.7 Å². The Bertz CT molecular complexity index is 714. The normalized spacial score (nSPS) is 10.3. The van der Waals surface area contributed by atoms with Gasteiger partial charge in [0, 0.05) is 11.6 Å². The van der Waals surface area contributed by atoms with E-state index in [0.717, 1.165) is 6.20 Å². The third-order valence-electron chi connectivity index (χ3n) is 2.75. The molecular formula is C13H13Cl2N5O3. The van der Waals surface area contributed by atoms with Gasteiger partial charge in [-0.3, -0.25) is 10.1 Å². The summed E-state index contributed by atoms with van der Waals surface area (Å²) in [6.07, 6.45) is 1.70. The van der Waals surface area contributed by atoms with E-state index >= 15 is 0 Å². The molecule has 8 nitrogen and oxygen atoms in total. The maximum atomic E-state index is 10.6. The minimum absolute atomic E-state index is 0.184. The first kappa shape index (κ1) is 17.0. The van der Waals surface area contributed by atoms with Crippen molar-refractivity contribution in [3.63, 3.8) is 0 Å². The lowest BCUT2D eigenvalue weighted by atomic mass is 10.3. The Labute approximate surface area is 141 Å². The molecular weight excluding hydrogens is 345 g/mol. The Hall–Kier alpha value is -2.32. The van der Waals surface area contributed by atoms with Gasteiger partial charge in [0.15, 0.2) is 0 Å². The summed E-state index contributed by atoms with van der Waals surface area (Å²) in [5, 5.41) is 14.5. The Kier molecular flexibility index (Phi) is 5.78. The predicted molar refractivity (Wildman–Crippen MR) is 88.2 cm³/mol. The fraction of sp³-hybridized carbons (Fsp3) is 0.231. The summed E-state index contributed by atoms with van der Waals surface area (Å²) >= 11 is 11.8. The maximum absolute atomic E-state index is 10.6. The molecule has 122 valence electrons. The molecule has 2 aromatic rings. The van der Waals surface area contributed by atoms with Crippen LogP contribution in [0.1, 0.15) is 6.42 Å². The zero-order valence-electron chi connectivity index (χ0n) is 11.8. The molecule has 10 heteroatoms. The Morgan fingerprint density at radius 3 is 2.83 bits per heavy atom. The third-order valence-corrected chi connectivity index (χ3v) is 3.28. The molecule has 0 spiro atoms. The van der Waals surface area contributed by atoms with Crippen molar-refractivity contribution in [1.82, 2.24) is 9.97 Å². The van der Waals surface area contributed by atoms with Crippen molar-refractivity contribution in [2.24, 2.45) is 0 Å². The van der Waals surface area contributed by atoms with Gasteiger partial charge in [-0.05, 0) is 24.6 Å². The van der Waals surface area contributed by atoms with Crippen LogP contribution >= 0.6 is 23.2 Å². The average molecular weight is 358 g/mol. The minimum atomic E-state index is -0.636. The second kappa shape index (κ2) is 7.80. The number of ether oxygens (including phenoxy) is 1. The molecule has 0 radical (unpaired) electrons. The Morgan fingerprint density at radius 2 is 2.17 bits per heavy atom. The lowest BCUT2D eigenvalue weighted by Crippen LogP contribution is -2.11. The average Bonchev–Trinajstić information content (AvgIpc) is 2.48. The van der Waals surface area contributed by atoms with Crippen molar-refractivity contribution in [2.45, 2.75) is 6.42 Å². The fourth-order valence-electron chi connectivity index (χ4n) is 1.66. The quantitative estimate of drug-likeness (QED) is 0.444. The molecule has 0 aliphatic rings. The van der Waals surface area contributed by atoms with Crippen molar-refractivity contribution < 1.29 is 9.66 Å². The summed E-state index contributed by atoms with van der Waals surface area (Å²) in [5.74, 6) is 0.584. The van der Waals surface area contributed by atoms with E-state index in [1.54, 1.807) is 18.2 Å². The number of hydrogen-bond acceptors (Lipinski definition) is 7. The van der Waals surface area contributed by atoms with E-state index in [2.05, 4.69) is 15.3 Å². The molecule has 0 atom stereocenters. The highest BCUT2D eigenvalue weighted by Crippen LogP contribution is 2.27. The smallest absolute Gasteiger partial charge is 0.329 e. The number of hydrogen-bond donors (Lipinski definition) is 2. The first-order chi connectivity index (χ1) is 11.0. The predicted octanol–water partition coefficient (Wildman–Crippen LogP) is 3.15. The summed E-state index contributed by atoms with van der Waals surface area (Å²) < 4.78 is 5.52. The van der Waals surface area contributed by atoms with Gasteiger partial charge in [0.1, 0.15) is 11.9 Å². The highest BCUT2D eigenvalue weighted by molar-refractivity contribution is 6.35. The molecule has 0 bridgehead atoms. The molecule has 1 aromatic carbocycles. The van der Waals surface area contributed by atoms with Crippen LogP contribution in [0.4, 0.5) is 17.5 Å². The van der Waals surface area contributed by atoms with Crippen LogP contribution in [0.3, 0.4) is 0 Å². The van der Waals surface area contributed by atoms with Crippen molar-refractivity contribution in [3.8, 4) is 5.75 Å². The first-order valence-corrected chi connectivity index (χ1v) is 7.31. The van der Waals surface area contributed by atoms with Gasteiger partial charge in [-0.1, -0.05) is 23.2 Å². The largest absolute Gasteiger partial charge is 0.492 e. The molecule has 1 aromatic heterocycles. The van der Waals surface area contributed by atoms with Crippen molar-refractivity contribution in [3.05, 3.63) is 44.6 Å². The van der Waals surface area contributed by atoms with Crippen LogP contribution < -0.4 is 15.8 Å². The van der Waals surface area contributed by atoms with Crippen LogP contribution in [-0.2, 0) is 0 Å². The number of anilines is 2. The van der Waals surface area contributed by atoms with E-state index in [-0.39, 0.29) is 17.5 Å². The number of nitro groups is 1. The van der Waals surface area contributed by atoms with Crippen molar-refractivity contribution in [1.29, 1.82) is 0 Å². The number of halogens is 2. The monoisotopic (exact) mass is 357 g/mol. The van der Waals surface area contributed by atoms with E-state index in [9.17, 15) is 10.1 Å². The van der Waals surface area contributed by atoms with E-state index in [1.807, 2.05) is 0 Å². The highest BCUT2D eigenvalue weighted by atomic mass is 35.5. The van der Waals surface area contributed by atoms with Crippen molar-refractivity contribution >= 4 is 40.7 Å². The number of rotatable bonds is 7. The van der Waals surface area contributed by atoms with Gasteiger partial charge in [0.05, 0.1) is 16.6 Å². The molecule has 1 heterocycles. The summed E-state index contributed by atoms with van der Waals surface area (Å²) in [7, 11) is 0. The maximum Gasteiger partial charge on any atom is 0.329 e. The highest BCUT2D eigenvalue weighted by Gasteiger charge is 2.13. The van der Waals surface area contributed by atoms with Crippen LogP contribution in [-0.4, -0.2) is 28.0 Å². The number of nitrogens with one attached hydrogen (secondary N) is 1. The molecule has 0 amide bonds. The van der Waals surface area contributed by atoms with Crippen LogP contribution in [0.15, 0.2) is 24.4 Å². The number of benzene rings is 1. The van der Waals surface area contributed by atoms with Gasteiger partial charge >= 0.3 is 5.69 Å². The second-order valence-corrected chi connectivity index (χ2v) is 5.27. The molecule has 3 N–H and O–H groups in total. The molecule has 0 fully saturated rings. The third kappa shape index (κ3) is 4.83. The number of nitrogens with zero attached hydrogens (tertiary/aromatic N) is 3. The molecule has 0 aliphatic heterocycles. The SMILES string of the molecule is Nc1nc(NCCCOc2ccc(Cl)cc2Cl)ncc1[N+](=O)[O-]. The number of nitrogens with two attached hydrogens (primary N) is 1. The van der Waals surface area contributed by atoms with Crippen LogP contribution in [0.25, 0.3) is 0 Å². The van der Waals surface area contributed by atoms with Crippen LogP contribution in [0.2, 0.25) is 10.0 Å². The lowest BCUT2D eigenvalue weighted by molar-refractivity contribution is -0.384. The van der Waals surface area contributed by atoms with Crippen molar-refractivity contribution in [2.75, 3.05) is 24.2 Å². The summed E-state index contributed by atoms with van der Waals surface area (Å²) in [6, 6.07) is 4.98. The summed E-state index contributed by atoms with van der Waals surface area (Å²) in [4.78, 5) is 17.6. The summed E-state index contributed by atoms with van der Waals surface area (Å²) in [6.45, 7) is 0.916. The first-order valence-electron chi connectivity index (χ1n) is 6.56. The van der Waals surface area contributed by atoms with E-state index in [0.29, 0.717) is 35.4 Å². The topological polar surface area (TPSA) is 116 Å². The molecule has 0 saturated carbocycles. The zero-order chi connectivity index (χ0) is 16.8. The van der Waals surface area contributed by atoms with E-state index < -0.39 is 4.92 Å². The molecule has 0 saturated heterocycles. The van der Waals surface area contributed by atoms with E-state index in [1.165, 1.54) is 0 Å². The second-order valence-electron chi connectivity index (χ2n) is 4.42. The zero-order valence-corrected chi connectivity index (χ0v) is 13.3. The van der Waals surface area contributed by atoms with Gasteiger partial charge in [0.25, 0.3) is 0 Å². The van der Waals surface area contributed by atoms with Gasteiger partial charge in [0.2, 0.25) is 11.8 Å². The number of nitrogen functional groups attached to an aromatic ring is 1. The molecule has 0 aliphatic carbocycles. The minimum Gasteiger partial charge on any atom is -0.492 e. The summed E-state index contributed by atoms with van der Waals surface area (Å²) in [5.41, 5.74) is 5.15. The van der Waals surface area contributed by atoms with Crippen LogP contribution in [0, 0.1) is 10.1 Å². The van der Waals surface area contributed by atoms with Gasteiger partial charge in [-0.2, -0.15) is 4.98 Å². The lowest BCUT2D eigenvalue weighted by Gasteiger charge is -2.09. The standard InChI is InChI=1S/C13H13Cl2N5O3/c14-8-2-3-11(9(15)6-8)23-5-1-4-17-13-18-7-10(20(21)22)12(16)19-13/h2-3,6-7H,1,4-5H2,(H3,16,17,18,19). The van der Waals surface area contributed by atoms with Gasteiger partial charge < -0.3 is 15.8 Å². The van der Waals surface area contributed by atoms with Crippen LogP contribution in [0.5, 0.6) is 5.75 Å². The molecule has 0 unspecified atom stereocenters. The Morgan fingerprint density at radius 1 is 1.39 bits per heavy atom. The molecule has 2 rings (SSSR count). The number of aromatic nitrogens is 2. The van der Waals surface area contributed by atoms with Gasteiger partial charge in [-0.25, -0.2) is 4.98 Å².